The molecule has 1 aromatic heterocycles. The molecule has 0 radical (unpaired) electrons. The number of nitrogens with one attached hydrogen (secondary N) is 3. The number of carbonyl (C=O) groups is 2. The number of ether oxygens (including phenoxy) is 1. The molecule has 0 unspecified atom stereocenters. The van der Waals surface area contributed by atoms with Gasteiger partial charge in [0.25, 0.3) is 11.7 Å². The number of rotatable bonds is 7. The van der Waals surface area contributed by atoms with Gasteiger partial charge in [-0.05, 0) is 12.0 Å². The second kappa shape index (κ2) is 9.36. The number of esters is 1. The molecule has 1 aliphatic rings. The Kier molecular flexibility index (Phi) is 7.18. The Bertz CT molecular complexity index is 559. The van der Waals surface area contributed by atoms with Crippen molar-refractivity contribution < 1.29 is 24.2 Å². The average Bonchev–Trinajstić information content (AvgIpc) is 2.66. The molecule has 1 amide bonds. The first-order valence-corrected chi connectivity index (χ1v) is 8.97. The van der Waals surface area contributed by atoms with Crippen molar-refractivity contribution in [3.63, 3.8) is 0 Å². The molecule has 0 saturated carbocycles. The second-order valence-corrected chi connectivity index (χ2v) is 6.62. The number of anilines is 1. The van der Waals surface area contributed by atoms with Crippen LogP contribution in [0.5, 0.6) is 0 Å². The second-order valence-electron chi connectivity index (χ2n) is 6.62. The van der Waals surface area contributed by atoms with Crippen molar-refractivity contribution >= 4 is 17.7 Å². The Morgan fingerprint density at radius 1 is 1.36 bits per heavy atom. The Labute approximate surface area is 149 Å². The van der Waals surface area contributed by atoms with E-state index in [1.54, 1.807) is 0 Å². The quantitative estimate of drug-likeness (QED) is 0.613. The van der Waals surface area contributed by atoms with Gasteiger partial charge in [-0.1, -0.05) is 26.3 Å². The SMILES string of the molecule is CC[C@@H](C)[C@H](NC(=O)C[NH+]1CCN(c2cccc[nH+]2)CC1)C(=O)OC. The van der Waals surface area contributed by atoms with E-state index in [4.69, 9.17) is 4.74 Å². The highest BCUT2D eigenvalue weighted by molar-refractivity contribution is 5.85. The normalized spacial score (nSPS) is 17.6. The average molecular weight is 350 g/mol. The number of H-pyrrole nitrogens is 1. The molecule has 0 spiro atoms. The zero-order chi connectivity index (χ0) is 18.2. The molecular formula is C18H30N4O3+2. The molecule has 2 rings (SSSR count). The van der Waals surface area contributed by atoms with E-state index < -0.39 is 6.04 Å². The smallest absolute Gasteiger partial charge is 0.328 e. The molecule has 1 fully saturated rings. The third-order valence-electron chi connectivity index (χ3n) is 4.90. The van der Waals surface area contributed by atoms with E-state index in [9.17, 15) is 9.59 Å². The summed E-state index contributed by atoms with van der Waals surface area (Å²) in [5.41, 5.74) is 0. The van der Waals surface area contributed by atoms with Gasteiger partial charge in [-0.25, -0.2) is 9.78 Å². The van der Waals surface area contributed by atoms with Gasteiger partial charge in [0, 0.05) is 6.07 Å². The van der Waals surface area contributed by atoms with E-state index in [1.807, 2.05) is 32.2 Å². The third-order valence-corrected chi connectivity index (χ3v) is 4.90. The maximum atomic E-state index is 12.4. The molecule has 0 aliphatic carbocycles. The van der Waals surface area contributed by atoms with Crippen LogP contribution < -0.4 is 20.1 Å². The Balaban J connectivity index is 1.82. The lowest BCUT2D eigenvalue weighted by Crippen LogP contribution is -3.16. The van der Waals surface area contributed by atoms with Gasteiger partial charge in [-0.3, -0.25) is 9.69 Å². The summed E-state index contributed by atoms with van der Waals surface area (Å²) in [6, 6.07) is 5.47. The summed E-state index contributed by atoms with van der Waals surface area (Å²) in [6.45, 7) is 7.91. The largest absolute Gasteiger partial charge is 0.467 e. The van der Waals surface area contributed by atoms with Gasteiger partial charge >= 0.3 is 5.97 Å². The van der Waals surface area contributed by atoms with Gasteiger partial charge in [0.15, 0.2) is 6.54 Å². The number of hydrogen-bond acceptors (Lipinski definition) is 4. The van der Waals surface area contributed by atoms with E-state index >= 15 is 0 Å². The van der Waals surface area contributed by atoms with Crippen LogP contribution in [0.4, 0.5) is 5.82 Å². The fraction of sp³-hybridized carbons (Fsp3) is 0.611. The van der Waals surface area contributed by atoms with Gasteiger partial charge in [0.1, 0.15) is 32.2 Å². The summed E-state index contributed by atoms with van der Waals surface area (Å²) in [5.74, 6) is 0.693. The third kappa shape index (κ3) is 5.42. The van der Waals surface area contributed by atoms with Gasteiger partial charge in [0.05, 0.1) is 13.3 Å². The summed E-state index contributed by atoms with van der Waals surface area (Å²) in [6.07, 6.45) is 2.73. The number of aromatic nitrogens is 1. The Hall–Kier alpha value is -2.15. The van der Waals surface area contributed by atoms with Crippen LogP contribution in [0.3, 0.4) is 0 Å². The lowest BCUT2D eigenvalue weighted by atomic mass is 9.99. The molecule has 7 heteroatoms. The monoisotopic (exact) mass is 350 g/mol. The van der Waals surface area contributed by atoms with Crippen molar-refractivity contribution in [3.8, 4) is 0 Å². The van der Waals surface area contributed by atoms with E-state index in [2.05, 4.69) is 21.3 Å². The predicted octanol–water partition coefficient (Wildman–Crippen LogP) is -1.09. The van der Waals surface area contributed by atoms with E-state index in [1.165, 1.54) is 12.0 Å². The van der Waals surface area contributed by atoms with Crippen molar-refractivity contribution in [2.45, 2.75) is 26.3 Å². The lowest BCUT2D eigenvalue weighted by Gasteiger charge is -2.28. The number of carbonyl (C=O) groups excluding carboxylic acids is 2. The first-order chi connectivity index (χ1) is 12.0. The van der Waals surface area contributed by atoms with E-state index in [-0.39, 0.29) is 17.8 Å². The number of quaternary nitrogens is 1. The van der Waals surface area contributed by atoms with Crippen LogP contribution in [-0.4, -0.2) is 57.8 Å². The summed E-state index contributed by atoms with van der Waals surface area (Å²) in [5, 5.41) is 2.85. The maximum Gasteiger partial charge on any atom is 0.328 e. The van der Waals surface area contributed by atoms with Crippen LogP contribution >= 0.6 is 0 Å². The Morgan fingerprint density at radius 2 is 2.08 bits per heavy atom. The van der Waals surface area contributed by atoms with E-state index in [0.717, 1.165) is 38.4 Å². The van der Waals surface area contributed by atoms with Gasteiger partial charge < -0.3 is 15.0 Å². The first kappa shape index (κ1) is 19.2. The summed E-state index contributed by atoms with van der Waals surface area (Å²) in [7, 11) is 1.36. The molecule has 1 aliphatic heterocycles. The highest BCUT2D eigenvalue weighted by atomic mass is 16.5. The van der Waals surface area contributed by atoms with Crippen molar-refractivity contribution in [2.24, 2.45) is 5.92 Å². The lowest BCUT2D eigenvalue weighted by molar-refractivity contribution is -0.892. The molecular weight excluding hydrogens is 320 g/mol. The molecule has 138 valence electrons. The number of nitrogens with zero attached hydrogens (tertiary/aromatic N) is 1. The highest BCUT2D eigenvalue weighted by Crippen LogP contribution is 2.09. The number of pyridine rings is 1. The zero-order valence-corrected chi connectivity index (χ0v) is 15.4. The number of amides is 1. The molecule has 2 atom stereocenters. The predicted molar refractivity (Wildman–Crippen MR) is 94.2 cm³/mol. The van der Waals surface area contributed by atoms with Crippen LogP contribution in [-0.2, 0) is 14.3 Å². The van der Waals surface area contributed by atoms with Gasteiger partial charge in [-0.15, -0.1) is 0 Å². The van der Waals surface area contributed by atoms with Gasteiger partial charge in [0.2, 0.25) is 0 Å². The molecule has 1 aromatic rings. The van der Waals surface area contributed by atoms with Crippen LogP contribution in [0.25, 0.3) is 0 Å². The molecule has 0 bridgehead atoms. The molecule has 2 heterocycles. The minimum Gasteiger partial charge on any atom is -0.467 e. The van der Waals surface area contributed by atoms with Crippen LogP contribution in [0.15, 0.2) is 24.4 Å². The molecule has 25 heavy (non-hydrogen) atoms. The van der Waals surface area contributed by atoms with Crippen LogP contribution in [0.1, 0.15) is 20.3 Å². The van der Waals surface area contributed by atoms with Crippen LogP contribution in [0.2, 0.25) is 0 Å². The fourth-order valence-corrected chi connectivity index (χ4v) is 3.07. The maximum absolute atomic E-state index is 12.4. The number of hydrogen-bond donors (Lipinski definition) is 2. The van der Waals surface area contributed by atoms with E-state index in [0.29, 0.717) is 6.54 Å². The van der Waals surface area contributed by atoms with Crippen LogP contribution in [0, 0.1) is 5.92 Å². The minimum absolute atomic E-state index is 0.0527. The van der Waals surface area contributed by atoms with Crippen molar-refractivity contribution in [1.29, 1.82) is 0 Å². The zero-order valence-electron chi connectivity index (χ0n) is 15.4. The first-order valence-electron chi connectivity index (χ1n) is 8.97. The van der Waals surface area contributed by atoms with Gasteiger partial charge in [-0.2, -0.15) is 0 Å². The standard InChI is InChI=1S/C18H28N4O3/c1-4-14(2)17(18(24)25-3)20-16(23)13-21-9-11-22(12-10-21)15-7-5-6-8-19-15/h5-8,14,17H,4,9-13H2,1-3H3,(H,20,23)/p+2/t14-,17+/m1/s1. The number of methoxy groups -OCH3 is 1. The number of piperazine rings is 1. The molecule has 0 aromatic carbocycles. The molecule has 3 N–H and O–H groups in total. The summed E-state index contributed by atoms with van der Waals surface area (Å²) < 4.78 is 4.82. The highest BCUT2D eigenvalue weighted by Gasteiger charge is 2.30. The summed E-state index contributed by atoms with van der Waals surface area (Å²) >= 11 is 0. The fourth-order valence-electron chi connectivity index (χ4n) is 3.07. The Morgan fingerprint density at radius 3 is 2.64 bits per heavy atom. The summed E-state index contributed by atoms with van der Waals surface area (Å²) in [4.78, 5) is 31.0. The molecule has 1 saturated heterocycles. The number of aromatic amines is 1. The van der Waals surface area contributed by atoms with Crippen molar-refractivity contribution in [3.05, 3.63) is 24.4 Å². The molecule has 7 nitrogen and oxygen atoms in total. The minimum atomic E-state index is -0.567. The van der Waals surface area contributed by atoms with Crippen molar-refractivity contribution in [2.75, 3.05) is 44.7 Å². The van der Waals surface area contributed by atoms with Crippen molar-refractivity contribution in [1.82, 2.24) is 5.32 Å². The topological polar surface area (TPSA) is 77.2 Å².